The molecular formula is C109H113Cl2F4N15O15S4. The summed E-state index contributed by atoms with van der Waals surface area (Å²) in [4.78, 5) is 11.9. The van der Waals surface area contributed by atoms with Crippen molar-refractivity contribution in [3.63, 3.8) is 0 Å². The maximum absolute atomic E-state index is 12.5. The van der Waals surface area contributed by atoms with Gasteiger partial charge in [0.2, 0.25) is 40.1 Å². The second-order valence-electron chi connectivity index (χ2n) is 33.9. The van der Waals surface area contributed by atoms with Crippen molar-refractivity contribution in [1.82, 2.24) is 22.8 Å². The average Bonchev–Trinajstić information content (AvgIpc) is 1.71. The van der Waals surface area contributed by atoms with E-state index in [1.165, 1.54) is 0 Å². The molecule has 0 bridgehead atoms. The van der Waals surface area contributed by atoms with Crippen LogP contribution in [0.1, 0.15) is 115 Å². The lowest BCUT2D eigenvalue weighted by Gasteiger charge is -2.16. The number of methoxy groups -OCH3 is 1. The number of nitrogens with one attached hydrogen (secondary N) is 5. The Morgan fingerprint density at radius 3 is 1.01 bits per heavy atom. The highest BCUT2D eigenvalue weighted by molar-refractivity contribution is 7.94. The largest absolute Gasteiger partial charge is 0.497 e. The van der Waals surface area contributed by atoms with Gasteiger partial charge in [-0.3, -0.25) is 24.2 Å². The van der Waals surface area contributed by atoms with E-state index in [0.717, 1.165) is 117 Å². The average molecular weight is 2150 g/mol. The third kappa shape index (κ3) is 27.3. The number of nitrogens with zero attached hydrogens (tertiary/aromatic N) is 10. The number of amides is 1. The molecule has 30 nitrogen and oxygen atoms in total. The van der Waals surface area contributed by atoms with Crippen LogP contribution in [0.4, 0.5) is 50.8 Å². The van der Waals surface area contributed by atoms with Gasteiger partial charge in [-0.25, -0.2) is 56.0 Å². The van der Waals surface area contributed by atoms with Gasteiger partial charge in [-0.15, -0.1) is 23.2 Å². The Bertz CT molecular complexity index is 8030. The van der Waals surface area contributed by atoms with Crippen LogP contribution in [-0.4, -0.2) is 164 Å². The van der Waals surface area contributed by atoms with E-state index in [-0.39, 0.29) is 73.3 Å². The summed E-state index contributed by atoms with van der Waals surface area (Å²) in [5.41, 5.74) is 17.2. The number of rotatable bonds is 41. The van der Waals surface area contributed by atoms with E-state index in [1.807, 2.05) is 132 Å². The van der Waals surface area contributed by atoms with Crippen LogP contribution in [0, 0.1) is 56.7 Å². The van der Waals surface area contributed by atoms with Gasteiger partial charge in [-0.1, -0.05) is 67.6 Å². The molecule has 0 spiro atoms. The number of nitriles is 5. The van der Waals surface area contributed by atoms with Crippen molar-refractivity contribution in [1.29, 1.82) is 26.3 Å². The van der Waals surface area contributed by atoms with Crippen LogP contribution in [0.5, 0.6) is 28.7 Å². The fraction of sp³-hybridized carbons (Fsp3) is 0.303. The zero-order valence-corrected chi connectivity index (χ0v) is 88.2. The summed E-state index contributed by atoms with van der Waals surface area (Å²) in [6.45, 7) is 15.6. The first-order chi connectivity index (χ1) is 71.8. The van der Waals surface area contributed by atoms with Crippen molar-refractivity contribution >= 4 is 152 Å². The van der Waals surface area contributed by atoms with Gasteiger partial charge in [0.1, 0.15) is 119 Å². The van der Waals surface area contributed by atoms with E-state index in [1.54, 1.807) is 147 Å². The zero-order valence-electron chi connectivity index (χ0n) is 83.4. The number of sulfonamides is 4. The Balaban J connectivity index is 0.000000165. The summed E-state index contributed by atoms with van der Waals surface area (Å²) >= 11 is 11.1. The minimum Gasteiger partial charge on any atom is -0.497 e. The normalized spacial score (nSPS) is 11.8. The first kappa shape index (κ1) is 113. The maximum Gasteiger partial charge on any atom is 0.411 e. The predicted octanol–water partition coefficient (Wildman–Crippen LogP) is 23.9. The number of aromatic nitrogens is 5. The van der Waals surface area contributed by atoms with Crippen molar-refractivity contribution in [2.75, 3.05) is 120 Å². The highest BCUT2D eigenvalue weighted by Gasteiger charge is 2.36. The number of fused-ring (bicyclic) bond motifs is 5. The van der Waals surface area contributed by atoms with E-state index in [2.05, 4.69) is 73.0 Å². The molecule has 5 aromatic heterocycles. The van der Waals surface area contributed by atoms with Gasteiger partial charge in [0, 0.05) is 129 Å². The molecule has 5 N–H and O–H groups in total. The third-order valence-electron chi connectivity index (χ3n) is 23.8. The number of carbonyl (C=O) groups excluding carboxylic acids is 1. The van der Waals surface area contributed by atoms with Gasteiger partial charge in [-0.05, 0) is 218 Å². The molecule has 0 radical (unpaired) electrons. The van der Waals surface area contributed by atoms with Crippen LogP contribution in [0.2, 0.25) is 0 Å². The first-order valence-corrected chi connectivity index (χ1v) is 55.6. The van der Waals surface area contributed by atoms with Gasteiger partial charge >= 0.3 is 6.09 Å². The van der Waals surface area contributed by atoms with Crippen LogP contribution in [0.3, 0.4) is 0 Å². The first-order valence-electron chi connectivity index (χ1n) is 48.0. The third-order valence-corrected chi connectivity index (χ3v) is 30.3. The summed E-state index contributed by atoms with van der Waals surface area (Å²) in [6.07, 6.45) is 1.73. The molecule has 1 saturated carbocycles. The van der Waals surface area contributed by atoms with Crippen LogP contribution >= 0.6 is 23.2 Å². The molecule has 15 aromatic rings. The molecular weight excluding hydrogens is 2030 g/mol. The van der Waals surface area contributed by atoms with E-state index in [4.69, 9.17) is 51.6 Å². The second kappa shape index (κ2) is 52.0. The van der Waals surface area contributed by atoms with Crippen molar-refractivity contribution in [2.45, 2.75) is 119 Å². The Morgan fingerprint density at radius 2 is 0.705 bits per heavy atom. The van der Waals surface area contributed by atoms with Crippen LogP contribution in [0.25, 0.3) is 111 Å². The summed E-state index contributed by atoms with van der Waals surface area (Å²) in [5.74, 6) is 3.42. The van der Waals surface area contributed by atoms with E-state index in [9.17, 15) is 82.3 Å². The summed E-state index contributed by atoms with van der Waals surface area (Å²) in [6, 6.07) is 73.9. The molecule has 1 aliphatic carbocycles. The number of benzene rings is 10. The fourth-order valence-corrected chi connectivity index (χ4v) is 21.9. The van der Waals surface area contributed by atoms with Gasteiger partial charge in [0.25, 0.3) is 0 Å². The molecule has 0 aliphatic heterocycles. The molecule has 40 heteroatoms. The standard InChI is InChI=1S/C22H23ClFN3O3S.C22H22ClN3O3.C22H22FN3O3S.C22H24FN3O3S.C21H22FN3O3S/c1-2-27-21-14-18(30-12-11-24)8-9-19(21)20(15-25)22(27)16-4-6-17(7-5-16)26-31(28,29)13-3-10-23;1-14(2)26-20-12-17(28-3)7-8-18(20)19(13-24)21(26)15-5-4-6-16(11-15)25-22(27)29-10-9-23;1-2-26-21-13-17(29-12-11-23)7-10-19(21)20(14-24)22(26)15-3-5-16(6-4-15)25-30(27,28)18-8-9-18;1-3-13-30(27,28)25-17-7-5-16(6-8-17)22-20(15-24)19-10-9-18(29-12-11-23)14-21(19)26(22)4-2;1-3-25-20-13-17(28-12-11-22)9-10-18(20)19(14-23)21(25)15-5-7-16(8-6-15)24-29(26,27)4-2/h4-9,14,26H,2-3,10-13H2,1H3;4-8,11-12,14H,9-10H2,1-3H3,(H,25,27);3-7,10,13,18,25H,2,8-9,11-12H2,1H3;5-10,14,25H,3-4,11-13H2,1-2H3;5-10,13,24H,3-4,11-12H2,1-2H3. The van der Waals surface area contributed by atoms with E-state index in [0.29, 0.717) is 131 Å². The minimum atomic E-state index is -3.47. The molecule has 0 unspecified atom stereocenters. The molecule has 1 aliphatic rings. The number of alkyl halides is 6. The minimum absolute atomic E-state index is 0.00971. The number of hydrogen-bond donors (Lipinski definition) is 5. The highest BCUT2D eigenvalue weighted by atomic mass is 35.5. The van der Waals surface area contributed by atoms with Gasteiger partial charge < -0.3 is 51.3 Å². The quantitative estimate of drug-likeness (QED) is 0.0175. The monoisotopic (exact) mass is 2150 g/mol. The van der Waals surface area contributed by atoms with Gasteiger partial charge in [0.05, 0.1) is 119 Å². The Kier molecular flexibility index (Phi) is 39.3. The molecule has 0 saturated heterocycles. The summed E-state index contributed by atoms with van der Waals surface area (Å²) in [7, 11) is -11.9. The number of aryl methyl sites for hydroxylation is 4. The molecule has 149 heavy (non-hydrogen) atoms. The van der Waals surface area contributed by atoms with Crippen LogP contribution < -0.4 is 47.9 Å². The lowest BCUT2D eigenvalue weighted by atomic mass is 10.1. The highest BCUT2D eigenvalue weighted by Crippen LogP contribution is 2.44. The fourth-order valence-electron chi connectivity index (χ4n) is 17.3. The number of ether oxygens (including phenoxy) is 6. The molecule has 16 rings (SSSR count). The lowest BCUT2D eigenvalue weighted by Crippen LogP contribution is -2.17. The van der Waals surface area contributed by atoms with Crippen LogP contribution in [0.15, 0.2) is 212 Å². The Labute approximate surface area is 874 Å². The van der Waals surface area contributed by atoms with E-state index >= 15 is 0 Å². The van der Waals surface area contributed by atoms with Crippen molar-refractivity contribution in [3.8, 4) is 115 Å². The van der Waals surface area contributed by atoms with Crippen molar-refractivity contribution in [2.24, 2.45) is 0 Å². The second-order valence-corrected chi connectivity index (χ2v) is 42.4. The summed E-state index contributed by atoms with van der Waals surface area (Å²) in [5, 5.41) is 55.6. The summed E-state index contributed by atoms with van der Waals surface area (Å²) < 4.78 is 198. The topological polar surface area (TPSA) is 413 Å². The number of anilines is 5. The Morgan fingerprint density at radius 1 is 0.383 bits per heavy atom. The number of halogens is 6. The van der Waals surface area contributed by atoms with Gasteiger partial charge in [0.15, 0.2) is 0 Å². The molecule has 1 fully saturated rings. The number of carbonyl (C=O) groups is 1. The lowest BCUT2D eigenvalue weighted by molar-refractivity contribution is 0.168. The predicted molar refractivity (Wildman–Crippen MR) is 581 cm³/mol. The van der Waals surface area contributed by atoms with E-state index < -0.39 is 72.9 Å². The van der Waals surface area contributed by atoms with Crippen LogP contribution in [-0.2, 0) is 71.0 Å². The SMILES string of the molecule is CCCS(=O)(=O)Nc1ccc(-c2c(C#N)c3ccc(OCCF)cc3n2CC)cc1.CCn1c(-c2ccc(NS(=O)(=O)C3CC3)cc2)c(C#N)c2ccc(OCCF)cc21.CCn1c(-c2ccc(NS(=O)(=O)CC)cc2)c(C#N)c2ccc(OCCF)cc21.CCn1c(-c2ccc(NS(=O)(=O)CCCCl)cc2)c(C#N)c2ccc(OCCF)cc21.COc1ccc2c(C#N)c(-c3cccc(NC(=O)OCCCl)c3)n(C(C)C)c2c1. The smallest absolute Gasteiger partial charge is 0.411 e. The number of hydrogen-bond acceptors (Lipinski definition) is 20. The molecule has 1 amide bonds. The van der Waals surface area contributed by atoms with Gasteiger partial charge in [-0.2, -0.15) is 26.3 Å². The maximum atomic E-state index is 12.5. The molecule has 5 heterocycles. The zero-order chi connectivity index (χ0) is 107. The molecule has 0 atom stereocenters. The van der Waals surface area contributed by atoms with Crippen molar-refractivity contribution < 1.29 is 84.4 Å². The molecule has 10 aromatic carbocycles. The molecule has 780 valence electrons. The Hall–Kier alpha value is -15.1. The van der Waals surface area contributed by atoms with Crippen molar-refractivity contribution in [3.05, 3.63) is 240 Å².